The second kappa shape index (κ2) is 6.83. The Morgan fingerprint density at radius 3 is 2.64 bits per heavy atom. The van der Waals surface area contributed by atoms with Gasteiger partial charge in [0.1, 0.15) is 23.8 Å². The topological polar surface area (TPSA) is 123 Å². The van der Waals surface area contributed by atoms with Crippen molar-refractivity contribution in [3.8, 4) is 0 Å². The first-order valence-electron chi connectivity index (χ1n) is 8.41. The van der Waals surface area contributed by atoms with Gasteiger partial charge < -0.3 is 20.1 Å². The van der Waals surface area contributed by atoms with Gasteiger partial charge in [-0.1, -0.05) is 13.8 Å². The molecule has 2 aromatic heterocycles. The molecule has 0 saturated carbocycles. The molecule has 2 aromatic rings. The molecule has 1 aliphatic heterocycles. The molecule has 25 heavy (non-hydrogen) atoms. The van der Waals surface area contributed by atoms with Crippen LogP contribution in [0.3, 0.4) is 0 Å². The van der Waals surface area contributed by atoms with Crippen molar-refractivity contribution >= 4 is 11.0 Å². The van der Waals surface area contributed by atoms with Crippen molar-refractivity contribution in [2.75, 3.05) is 6.61 Å². The Morgan fingerprint density at radius 2 is 2.04 bits per heavy atom. The van der Waals surface area contributed by atoms with E-state index in [0.717, 1.165) is 6.42 Å². The summed E-state index contributed by atoms with van der Waals surface area (Å²) in [6, 6.07) is 0. The molecule has 0 aliphatic carbocycles. The van der Waals surface area contributed by atoms with E-state index in [-0.39, 0.29) is 11.1 Å². The van der Waals surface area contributed by atoms with Crippen molar-refractivity contribution in [1.82, 2.24) is 19.3 Å². The molecule has 1 aliphatic rings. The minimum Gasteiger partial charge on any atom is -0.394 e. The van der Waals surface area contributed by atoms with Crippen LogP contribution in [0, 0.1) is 12.8 Å². The summed E-state index contributed by atoms with van der Waals surface area (Å²) in [7, 11) is 0. The summed E-state index contributed by atoms with van der Waals surface area (Å²) in [5, 5.41) is 33.7. The van der Waals surface area contributed by atoms with Crippen LogP contribution < -0.4 is 5.56 Å². The summed E-state index contributed by atoms with van der Waals surface area (Å²) in [6.07, 6.45) is -2.21. The van der Waals surface area contributed by atoms with E-state index >= 15 is 0 Å². The van der Waals surface area contributed by atoms with E-state index in [2.05, 4.69) is 23.9 Å². The minimum absolute atomic E-state index is 0.221. The van der Waals surface area contributed by atoms with E-state index in [4.69, 9.17) is 4.74 Å². The molecule has 0 amide bonds. The number of aromatic nitrogens is 4. The summed E-state index contributed by atoms with van der Waals surface area (Å²) < 4.78 is 8.30. The Balaban J connectivity index is 2.07. The van der Waals surface area contributed by atoms with Gasteiger partial charge in [-0.25, -0.2) is 9.67 Å². The van der Waals surface area contributed by atoms with Crippen molar-refractivity contribution in [3.63, 3.8) is 0 Å². The molecule has 138 valence electrons. The molecule has 0 unspecified atom stereocenters. The maximum Gasteiger partial charge on any atom is 0.279 e. The average Bonchev–Trinajstić information content (AvgIpc) is 3.05. The lowest BCUT2D eigenvalue weighted by atomic mass is 10.1. The predicted octanol–water partition coefficient (Wildman–Crippen LogP) is -0.441. The summed E-state index contributed by atoms with van der Waals surface area (Å²) in [5.41, 5.74) is 0.909. The van der Waals surface area contributed by atoms with Gasteiger partial charge in [0.15, 0.2) is 11.7 Å². The number of fused-ring (bicyclic) bond motifs is 1. The van der Waals surface area contributed by atoms with Gasteiger partial charge in [-0.3, -0.25) is 9.36 Å². The summed E-state index contributed by atoms with van der Waals surface area (Å²) in [5.74, 6) is 0.440. The highest BCUT2D eigenvalue weighted by Gasteiger charge is 2.44. The first-order valence-corrected chi connectivity index (χ1v) is 8.41. The summed E-state index contributed by atoms with van der Waals surface area (Å²) in [4.78, 5) is 17.2. The number of aliphatic hydroxyl groups is 3. The lowest BCUT2D eigenvalue weighted by Gasteiger charge is -2.16. The van der Waals surface area contributed by atoms with Gasteiger partial charge in [0.2, 0.25) is 0 Å². The van der Waals surface area contributed by atoms with Crippen molar-refractivity contribution in [2.45, 2.75) is 58.3 Å². The third-order valence-electron chi connectivity index (χ3n) is 4.55. The Labute approximate surface area is 144 Å². The molecule has 9 nitrogen and oxygen atoms in total. The minimum atomic E-state index is -1.30. The third-order valence-corrected chi connectivity index (χ3v) is 4.55. The van der Waals surface area contributed by atoms with Crippen LogP contribution in [0.5, 0.6) is 0 Å². The monoisotopic (exact) mass is 352 g/mol. The van der Waals surface area contributed by atoms with Crippen LogP contribution in [-0.2, 0) is 11.3 Å². The van der Waals surface area contributed by atoms with Crippen molar-refractivity contribution in [2.24, 2.45) is 5.92 Å². The average molecular weight is 352 g/mol. The van der Waals surface area contributed by atoms with Crippen LogP contribution in [0.2, 0.25) is 0 Å². The highest BCUT2D eigenvalue weighted by Crippen LogP contribution is 2.31. The van der Waals surface area contributed by atoms with E-state index in [1.54, 1.807) is 6.92 Å². The van der Waals surface area contributed by atoms with Crippen molar-refractivity contribution in [3.05, 3.63) is 22.4 Å². The largest absolute Gasteiger partial charge is 0.394 e. The molecule has 0 aromatic carbocycles. The molecule has 4 atom stereocenters. The fourth-order valence-corrected chi connectivity index (χ4v) is 3.03. The molecule has 1 saturated heterocycles. The molecule has 3 heterocycles. The first-order chi connectivity index (χ1) is 11.8. The molecule has 0 spiro atoms. The molecule has 3 rings (SSSR count). The van der Waals surface area contributed by atoms with E-state index in [1.165, 1.54) is 15.6 Å². The standard InChI is InChI=1S/C16H24N4O5/c1-8(2)4-5-19-7-17-11-9(3)18-20(12(11)15(19)24)16-14(23)13(22)10(6-21)25-16/h7-8,10,13-14,16,21-23H,4-6H2,1-3H3/t10-,13-,14-,16-/m1/s1. The second-order valence-electron chi connectivity index (χ2n) is 6.88. The van der Waals surface area contributed by atoms with E-state index < -0.39 is 31.1 Å². The summed E-state index contributed by atoms with van der Waals surface area (Å²) >= 11 is 0. The molecular formula is C16H24N4O5. The molecule has 0 bridgehead atoms. The molecule has 0 radical (unpaired) electrons. The van der Waals surface area contributed by atoms with Gasteiger partial charge in [-0.2, -0.15) is 5.10 Å². The maximum atomic E-state index is 12.9. The van der Waals surface area contributed by atoms with Gasteiger partial charge in [0.25, 0.3) is 5.56 Å². The number of rotatable bonds is 5. The van der Waals surface area contributed by atoms with Crippen molar-refractivity contribution in [1.29, 1.82) is 0 Å². The second-order valence-corrected chi connectivity index (χ2v) is 6.88. The van der Waals surface area contributed by atoms with E-state index in [0.29, 0.717) is 23.7 Å². The number of hydrogen-bond acceptors (Lipinski definition) is 7. The molecule has 3 N–H and O–H groups in total. The lowest BCUT2D eigenvalue weighted by molar-refractivity contribution is -0.0566. The number of aryl methyl sites for hydroxylation is 2. The Hall–Kier alpha value is -1.81. The van der Waals surface area contributed by atoms with E-state index in [1.807, 2.05) is 0 Å². The number of ether oxygens (including phenoxy) is 1. The molecule has 9 heteroatoms. The quantitative estimate of drug-likeness (QED) is 0.666. The highest BCUT2D eigenvalue weighted by molar-refractivity contribution is 5.76. The van der Waals surface area contributed by atoms with Gasteiger partial charge >= 0.3 is 0 Å². The van der Waals surface area contributed by atoms with Crippen LogP contribution >= 0.6 is 0 Å². The number of nitrogens with zero attached hydrogens (tertiary/aromatic N) is 4. The Morgan fingerprint density at radius 1 is 1.32 bits per heavy atom. The van der Waals surface area contributed by atoms with Crippen molar-refractivity contribution < 1.29 is 20.1 Å². The van der Waals surface area contributed by atoms with Crippen LogP contribution in [0.25, 0.3) is 11.0 Å². The lowest BCUT2D eigenvalue weighted by Crippen LogP contribution is -2.33. The Bertz CT molecular complexity index is 815. The number of aliphatic hydroxyl groups excluding tert-OH is 3. The zero-order valence-electron chi connectivity index (χ0n) is 14.5. The number of hydrogen-bond donors (Lipinski definition) is 3. The van der Waals surface area contributed by atoms with Crippen LogP contribution in [0.4, 0.5) is 0 Å². The predicted molar refractivity (Wildman–Crippen MR) is 89.0 cm³/mol. The van der Waals surface area contributed by atoms with Crippen LogP contribution in [0.15, 0.2) is 11.1 Å². The van der Waals surface area contributed by atoms with Gasteiger partial charge in [-0.15, -0.1) is 0 Å². The maximum absolute atomic E-state index is 12.9. The normalized spacial score (nSPS) is 26.8. The third kappa shape index (κ3) is 3.08. The van der Waals surface area contributed by atoms with Gasteiger partial charge in [0.05, 0.1) is 18.6 Å². The SMILES string of the molecule is Cc1nn([C@@H]2O[C@H](CO)[C@@H](O)[C@H]2O)c2c(=O)n(CCC(C)C)cnc12. The highest BCUT2D eigenvalue weighted by atomic mass is 16.6. The van der Waals surface area contributed by atoms with Gasteiger partial charge in [0, 0.05) is 6.54 Å². The van der Waals surface area contributed by atoms with Gasteiger partial charge in [-0.05, 0) is 19.3 Å². The van der Waals surface area contributed by atoms with E-state index in [9.17, 15) is 20.1 Å². The smallest absolute Gasteiger partial charge is 0.279 e. The molecule has 1 fully saturated rings. The zero-order valence-corrected chi connectivity index (χ0v) is 14.5. The fourth-order valence-electron chi connectivity index (χ4n) is 3.03. The molecular weight excluding hydrogens is 328 g/mol. The summed E-state index contributed by atoms with van der Waals surface area (Å²) in [6.45, 7) is 5.95. The zero-order chi connectivity index (χ0) is 18.3. The van der Waals surface area contributed by atoms with Crippen LogP contribution in [-0.4, -0.2) is 59.6 Å². The first kappa shape index (κ1) is 18.0. The fraction of sp³-hybridized carbons (Fsp3) is 0.688. The van der Waals surface area contributed by atoms with Crippen LogP contribution in [0.1, 0.15) is 32.2 Å². The Kier molecular flexibility index (Phi) is 4.92.